The minimum atomic E-state index is -1.36. The van der Waals surface area contributed by atoms with E-state index in [1.54, 1.807) is 44.2 Å². The van der Waals surface area contributed by atoms with Gasteiger partial charge in [-0.05, 0) is 44.2 Å². The van der Waals surface area contributed by atoms with Gasteiger partial charge in [0.05, 0.1) is 12.1 Å². The van der Waals surface area contributed by atoms with Crippen LogP contribution in [0.4, 0.5) is 0 Å². The molecule has 3 amide bonds. The van der Waals surface area contributed by atoms with Crippen LogP contribution >= 0.6 is 0 Å². The molecule has 1 aromatic carbocycles. The molecule has 0 radical (unpaired) electrons. The Morgan fingerprint density at radius 3 is 2.00 bits per heavy atom. The summed E-state index contributed by atoms with van der Waals surface area (Å²) < 4.78 is 0. The van der Waals surface area contributed by atoms with Crippen LogP contribution in [0.3, 0.4) is 0 Å². The van der Waals surface area contributed by atoms with Gasteiger partial charge in [0.1, 0.15) is 18.1 Å². The molecule has 196 valence electrons. The summed E-state index contributed by atoms with van der Waals surface area (Å²) in [6.45, 7) is 5.22. The summed E-state index contributed by atoms with van der Waals surface area (Å²) in [5.41, 5.74) is 12.0. The van der Waals surface area contributed by atoms with E-state index < -0.39 is 54.0 Å². The first kappa shape index (κ1) is 30.0. The Morgan fingerprint density at radius 1 is 0.886 bits per heavy atom. The average molecular weight is 494 g/mol. The number of unbranched alkanes of at least 4 members (excludes halogenated alkanes) is 1. The van der Waals surface area contributed by atoms with Crippen molar-refractivity contribution in [3.05, 3.63) is 35.9 Å². The van der Waals surface area contributed by atoms with Crippen LogP contribution in [0.2, 0.25) is 0 Å². The molecule has 0 aliphatic heterocycles. The Bertz CT molecular complexity index is 833. The number of aliphatic hydroxyl groups is 1. The molecule has 0 bridgehead atoms. The van der Waals surface area contributed by atoms with Gasteiger partial charge in [0.2, 0.25) is 17.7 Å². The fourth-order valence-corrected chi connectivity index (χ4v) is 3.30. The highest BCUT2D eigenvalue weighted by Crippen LogP contribution is 2.08. The predicted molar refractivity (Wildman–Crippen MR) is 131 cm³/mol. The third-order valence-corrected chi connectivity index (χ3v) is 5.56. The zero-order valence-electron chi connectivity index (χ0n) is 20.6. The summed E-state index contributed by atoms with van der Waals surface area (Å²) >= 11 is 0. The predicted octanol–water partition coefficient (Wildman–Crippen LogP) is -0.739. The van der Waals surface area contributed by atoms with E-state index in [9.17, 15) is 29.4 Å². The SMILES string of the molecule is CC(C)C(N)C(=O)NC(C(=O)NC(Cc1ccccc1)C(=O)NC(CCCCN)C(=O)O)C(C)O. The van der Waals surface area contributed by atoms with Gasteiger partial charge in [0.15, 0.2) is 0 Å². The first-order valence-electron chi connectivity index (χ1n) is 11.8. The Hall–Kier alpha value is -3.02. The van der Waals surface area contributed by atoms with Crippen molar-refractivity contribution < 1.29 is 29.4 Å². The molecule has 0 spiro atoms. The number of carboxylic acid groups (broad SMARTS) is 1. The first-order valence-corrected chi connectivity index (χ1v) is 11.8. The van der Waals surface area contributed by atoms with E-state index in [4.69, 9.17) is 11.5 Å². The van der Waals surface area contributed by atoms with Crippen LogP contribution in [-0.4, -0.2) is 70.7 Å². The van der Waals surface area contributed by atoms with Crippen LogP contribution in [0, 0.1) is 5.92 Å². The van der Waals surface area contributed by atoms with Crippen molar-refractivity contribution in [1.82, 2.24) is 16.0 Å². The lowest BCUT2D eigenvalue weighted by atomic mass is 10.0. The molecule has 0 saturated heterocycles. The first-order chi connectivity index (χ1) is 16.5. The van der Waals surface area contributed by atoms with Gasteiger partial charge >= 0.3 is 5.97 Å². The van der Waals surface area contributed by atoms with Crippen molar-refractivity contribution in [2.24, 2.45) is 17.4 Å². The molecule has 1 aromatic rings. The van der Waals surface area contributed by atoms with E-state index in [0.29, 0.717) is 19.4 Å². The third kappa shape index (κ3) is 10.4. The summed E-state index contributed by atoms with van der Waals surface area (Å²) in [4.78, 5) is 50.1. The molecule has 0 saturated carbocycles. The van der Waals surface area contributed by atoms with Gasteiger partial charge in [-0.3, -0.25) is 14.4 Å². The molecule has 9 N–H and O–H groups in total. The van der Waals surface area contributed by atoms with Gasteiger partial charge in [0.25, 0.3) is 0 Å². The van der Waals surface area contributed by atoms with Crippen LogP contribution in [0.5, 0.6) is 0 Å². The number of nitrogens with one attached hydrogen (secondary N) is 3. The van der Waals surface area contributed by atoms with E-state index >= 15 is 0 Å². The van der Waals surface area contributed by atoms with Gasteiger partial charge in [-0.2, -0.15) is 0 Å². The van der Waals surface area contributed by atoms with Crippen LogP contribution in [0.25, 0.3) is 0 Å². The van der Waals surface area contributed by atoms with E-state index in [0.717, 1.165) is 5.56 Å². The van der Waals surface area contributed by atoms with Crippen molar-refractivity contribution >= 4 is 23.7 Å². The lowest BCUT2D eigenvalue weighted by Gasteiger charge is -2.27. The van der Waals surface area contributed by atoms with E-state index in [-0.39, 0.29) is 18.8 Å². The summed E-state index contributed by atoms with van der Waals surface area (Å²) in [5.74, 6) is -3.50. The quantitative estimate of drug-likeness (QED) is 0.155. The number of amides is 3. The second-order valence-corrected chi connectivity index (χ2v) is 8.93. The van der Waals surface area contributed by atoms with Crippen molar-refractivity contribution in [2.45, 2.75) is 76.7 Å². The number of hydrogen-bond acceptors (Lipinski definition) is 7. The summed E-state index contributed by atoms with van der Waals surface area (Å²) in [7, 11) is 0. The summed E-state index contributed by atoms with van der Waals surface area (Å²) in [6.07, 6.45) is 0.0960. The summed E-state index contributed by atoms with van der Waals surface area (Å²) in [5, 5.41) is 27.1. The monoisotopic (exact) mass is 493 g/mol. The molecule has 11 heteroatoms. The lowest BCUT2D eigenvalue weighted by molar-refractivity contribution is -0.142. The molecular weight excluding hydrogens is 454 g/mol. The number of nitrogens with two attached hydrogens (primary N) is 2. The van der Waals surface area contributed by atoms with Gasteiger partial charge in [-0.25, -0.2) is 4.79 Å². The summed E-state index contributed by atoms with van der Waals surface area (Å²) in [6, 6.07) is 4.30. The molecule has 0 aliphatic carbocycles. The molecule has 0 aromatic heterocycles. The molecule has 11 nitrogen and oxygen atoms in total. The fraction of sp³-hybridized carbons (Fsp3) is 0.583. The highest BCUT2D eigenvalue weighted by Gasteiger charge is 2.32. The number of hydrogen-bond donors (Lipinski definition) is 7. The Kier molecular flexibility index (Phi) is 12.9. The molecule has 5 atom stereocenters. The second kappa shape index (κ2) is 15.1. The molecule has 1 rings (SSSR count). The molecule has 0 fully saturated rings. The minimum absolute atomic E-state index is 0.0690. The van der Waals surface area contributed by atoms with Gasteiger partial charge in [-0.1, -0.05) is 44.2 Å². The Labute approximate surface area is 206 Å². The standard InChI is InChI=1S/C24H39N5O6/c1-14(2)19(26)22(32)29-20(15(3)30)23(33)28-18(13-16-9-5-4-6-10-16)21(31)27-17(24(34)35)11-7-8-12-25/h4-6,9-10,14-15,17-20,30H,7-8,11-13,25-26H2,1-3H3,(H,27,31)(H,28,33)(H,29,32)(H,34,35). The normalized spacial score (nSPS) is 15.4. The molecule has 0 aliphatic rings. The molecular formula is C24H39N5O6. The number of aliphatic hydroxyl groups excluding tert-OH is 1. The minimum Gasteiger partial charge on any atom is -0.480 e. The van der Waals surface area contributed by atoms with E-state index in [1.165, 1.54) is 6.92 Å². The van der Waals surface area contributed by atoms with Crippen LogP contribution in [0.15, 0.2) is 30.3 Å². The largest absolute Gasteiger partial charge is 0.480 e. The molecule has 35 heavy (non-hydrogen) atoms. The van der Waals surface area contributed by atoms with Crippen molar-refractivity contribution in [2.75, 3.05) is 6.54 Å². The number of rotatable bonds is 15. The van der Waals surface area contributed by atoms with Crippen LogP contribution in [0.1, 0.15) is 45.6 Å². The maximum Gasteiger partial charge on any atom is 0.326 e. The third-order valence-electron chi connectivity index (χ3n) is 5.56. The topological polar surface area (TPSA) is 197 Å². The second-order valence-electron chi connectivity index (χ2n) is 8.93. The number of carboxylic acids is 1. The highest BCUT2D eigenvalue weighted by molar-refractivity contribution is 5.94. The number of carbonyl (C=O) groups is 4. The van der Waals surface area contributed by atoms with E-state index in [2.05, 4.69) is 16.0 Å². The van der Waals surface area contributed by atoms with Gasteiger partial charge < -0.3 is 37.6 Å². The molecule has 5 unspecified atom stereocenters. The van der Waals surface area contributed by atoms with Crippen molar-refractivity contribution in [1.29, 1.82) is 0 Å². The smallest absolute Gasteiger partial charge is 0.326 e. The number of benzene rings is 1. The van der Waals surface area contributed by atoms with Crippen LogP contribution in [-0.2, 0) is 25.6 Å². The van der Waals surface area contributed by atoms with Crippen molar-refractivity contribution in [3.8, 4) is 0 Å². The van der Waals surface area contributed by atoms with Crippen LogP contribution < -0.4 is 27.4 Å². The fourth-order valence-electron chi connectivity index (χ4n) is 3.30. The highest BCUT2D eigenvalue weighted by atomic mass is 16.4. The Balaban J connectivity index is 3.07. The zero-order chi connectivity index (χ0) is 26.5. The Morgan fingerprint density at radius 2 is 1.49 bits per heavy atom. The lowest BCUT2D eigenvalue weighted by Crippen LogP contribution is -2.60. The van der Waals surface area contributed by atoms with Crippen molar-refractivity contribution in [3.63, 3.8) is 0 Å². The average Bonchev–Trinajstić information content (AvgIpc) is 2.80. The zero-order valence-corrected chi connectivity index (χ0v) is 20.6. The molecule has 0 heterocycles. The van der Waals surface area contributed by atoms with E-state index in [1.807, 2.05) is 0 Å². The van der Waals surface area contributed by atoms with Gasteiger partial charge in [-0.15, -0.1) is 0 Å². The number of carbonyl (C=O) groups excluding carboxylic acids is 3. The van der Waals surface area contributed by atoms with Gasteiger partial charge in [0, 0.05) is 6.42 Å². The maximum atomic E-state index is 13.1. The maximum absolute atomic E-state index is 13.1. The number of aliphatic carboxylic acids is 1.